The van der Waals surface area contributed by atoms with E-state index in [2.05, 4.69) is 10.6 Å². The lowest BCUT2D eigenvalue weighted by Crippen LogP contribution is -2.39. The molecule has 2 aromatic rings. The van der Waals surface area contributed by atoms with Gasteiger partial charge in [0.15, 0.2) is 12.2 Å². The van der Waals surface area contributed by atoms with Crippen LogP contribution in [0.5, 0.6) is 11.5 Å². The first-order valence-electron chi connectivity index (χ1n) is 15.8. The van der Waals surface area contributed by atoms with Crippen LogP contribution in [0.1, 0.15) is 38.8 Å². The first-order chi connectivity index (χ1) is 22.7. The molecule has 8 N–H and O–H groups in total. The van der Waals surface area contributed by atoms with Crippen molar-refractivity contribution in [3.8, 4) is 11.5 Å². The van der Waals surface area contributed by atoms with Crippen molar-refractivity contribution in [1.82, 2.24) is 10.6 Å². The molecule has 0 spiro atoms. The number of aliphatic hydroxyl groups excluding tert-OH is 4. The van der Waals surface area contributed by atoms with Gasteiger partial charge in [-0.05, 0) is 48.2 Å². The summed E-state index contributed by atoms with van der Waals surface area (Å²) in [6, 6.07) is 16.5. The van der Waals surface area contributed by atoms with E-state index >= 15 is 0 Å². The fourth-order valence-corrected chi connectivity index (χ4v) is 3.46. The molecule has 2 rings (SSSR count). The molecule has 0 aliphatic rings. The number of rotatable bonds is 21. The predicted octanol–water partition coefficient (Wildman–Crippen LogP) is 1.10. The molecule has 14 nitrogen and oxygen atoms in total. The van der Waals surface area contributed by atoms with E-state index in [0.29, 0.717) is 38.4 Å². The Morgan fingerprint density at radius 2 is 0.917 bits per heavy atom. The lowest BCUT2D eigenvalue weighted by molar-refractivity contribution is -0.165. The van der Waals surface area contributed by atoms with Gasteiger partial charge in [-0.3, -0.25) is 0 Å². The molecule has 14 heteroatoms. The van der Waals surface area contributed by atoms with Gasteiger partial charge in [0.25, 0.3) is 0 Å². The molecule has 0 aliphatic carbocycles. The van der Waals surface area contributed by atoms with E-state index < -0.39 is 36.4 Å². The number of hydrogen-bond donors (Lipinski definition) is 8. The van der Waals surface area contributed by atoms with Gasteiger partial charge in [0.2, 0.25) is 0 Å². The number of aliphatic carboxylic acids is 2. The van der Waals surface area contributed by atoms with Crippen LogP contribution >= 0.6 is 0 Å². The third kappa shape index (κ3) is 23.1. The second kappa shape index (κ2) is 26.6. The Balaban J connectivity index is 0.000000727. The first-order valence-corrected chi connectivity index (χ1v) is 15.8. The SMILES string of the molecule is COCCc1ccc(OCC(O)CNC(C)C)cc1.COCCc1ccc(OCC(O)CNC(C)C)cc1.O=C(O)[C@@H](O)[C@H](O)C(=O)O. The number of carbonyl (C=O) groups is 2. The zero-order chi connectivity index (χ0) is 36.5. The molecule has 0 radical (unpaired) electrons. The maximum Gasteiger partial charge on any atom is 0.335 e. The van der Waals surface area contributed by atoms with Crippen molar-refractivity contribution < 1.29 is 59.2 Å². The molecule has 0 bridgehead atoms. The highest BCUT2D eigenvalue weighted by Crippen LogP contribution is 2.14. The largest absolute Gasteiger partial charge is 0.491 e. The Hall–Kier alpha value is -3.34. The van der Waals surface area contributed by atoms with E-state index in [-0.39, 0.29) is 0 Å². The molecule has 2 aromatic carbocycles. The highest BCUT2D eigenvalue weighted by Gasteiger charge is 2.29. The molecule has 0 fully saturated rings. The molecular formula is C34H56N2O12. The van der Waals surface area contributed by atoms with E-state index in [1.54, 1.807) is 14.2 Å². The van der Waals surface area contributed by atoms with Gasteiger partial charge in [-0.15, -0.1) is 0 Å². The van der Waals surface area contributed by atoms with E-state index in [9.17, 15) is 19.8 Å². The van der Waals surface area contributed by atoms with Gasteiger partial charge in [0.1, 0.15) is 36.9 Å². The summed E-state index contributed by atoms with van der Waals surface area (Å²) in [5, 5.41) is 58.3. The first kappa shape index (κ1) is 44.7. The second-order valence-corrected chi connectivity index (χ2v) is 11.4. The van der Waals surface area contributed by atoms with Gasteiger partial charge in [-0.25, -0.2) is 9.59 Å². The molecule has 274 valence electrons. The highest BCUT2D eigenvalue weighted by molar-refractivity contribution is 5.83. The molecule has 0 aromatic heterocycles. The predicted molar refractivity (Wildman–Crippen MR) is 181 cm³/mol. The van der Waals surface area contributed by atoms with Crippen LogP contribution in [0, 0.1) is 0 Å². The van der Waals surface area contributed by atoms with Crippen molar-refractivity contribution in [2.24, 2.45) is 0 Å². The van der Waals surface area contributed by atoms with Gasteiger partial charge in [0, 0.05) is 39.4 Å². The van der Waals surface area contributed by atoms with E-state index in [0.717, 1.165) is 37.6 Å². The molecule has 0 aliphatic heterocycles. The van der Waals surface area contributed by atoms with Gasteiger partial charge in [-0.2, -0.15) is 0 Å². The second-order valence-electron chi connectivity index (χ2n) is 11.4. The Morgan fingerprint density at radius 1 is 0.604 bits per heavy atom. The topological polar surface area (TPSA) is 216 Å². The third-order valence-electron chi connectivity index (χ3n) is 6.25. The van der Waals surface area contributed by atoms with Crippen molar-refractivity contribution in [3.05, 3.63) is 59.7 Å². The average Bonchev–Trinajstić information content (AvgIpc) is 3.06. The summed E-state index contributed by atoms with van der Waals surface area (Å²) in [7, 11) is 3.40. The van der Waals surface area contributed by atoms with Crippen LogP contribution in [0.3, 0.4) is 0 Å². The average molecular weight is 685 g/mol. The lowest BCUT2D eigenvalue weighted by Gasteiger charge is -2.15. The Bertz CT molecular complexity index is 1010. The van der Waals surface area contributed by atoms with Crippen molar-refractivity contribution in [1.29, 1.82) is 0 Å². The van der Waals surface area contributed by atoms with Crippen molar-refractivity contribution >= 4 is 11.9 Å². The van der Waals surface area contributed by atoms with Crippen LogP contribution in [0.4, 0.5) is 0 Å². The van der Waals surface area contributed by atoms with Crippen molar-refractivity contribution in [3.63, 3.8) is 0 Å². The quantitative estimate of drug-likeness (QED) is 0.0925. The molecule has 0 amide bonds. The number of aliphatic hydroxyl groups is 4. The van der Waals surface area contributed by atoms with Crippen LogP contribution in [0.25, 0.3) is 0 Å². The molecular weight excluding hydrogens is 628 g/mol. The van der Waals surface area contributed by atoms with E-state index in [1.165, 1.54) is 11.1 Å². The minimum absolute atomic E-state index is 0.303. The zero-order valence-electron chi connectivity index (χ0n) is 28.9. The third-order valence-corrected chi connectivity index (χ3v) is 6.25. The van der Waals surface area contributed by atoms with Crippen LogP contribution in [0.2, 0.25) is 0 Å². The molecule has 0 heterocycles. The summed E-state index contributed by atoms with van der Waals surface area (Å²) in [4.78, 5) is 19.5. The van der Waals surface area contributed by atoms with Gasteiger partial charge >= 0.3 is 11.9 Å². The Kier molecular flexibility index (Phi) is 24.7. The van der Waals surface area contributed by atoms with E-state index in [4.69, 9.17) is 39.4 Å². The molecule has 0 saturated carbocycles. The van der Waals surface area contributed by atoms with Crippen LogP contribution < -0.4 is 20.1 Å². The fourth-order valence-electron chi connectivity index (χ4n) is 3.46. The maximum atomic E-state index is 9.77. The number of hydrogen-bond acceptors (Lipinski definition) is 12. The van der Waals surface area contributed by atoms with Gasteiger partial charge < -0.3 is 60.2 Å². The molecule has 0 saturated heterocycles. The summed E-state index contributed by atoms with van der Waals surface area (Å²) >= 11 is 0. The number of methoxy groups -OCH3 is 2. The number of nitrogens with one attached hydrogen (secondary N) is 2. The minimum atomic E-state index is -2.27. The summed E-state index contributed by atoms with van der Waals surface area (Å²) < 4.78 is 21.1. The summed E-state index contributed by atoms with van der Waals surface area (Å²) in [6.45, 7) is 11.3. The lowest BCUT2D eigenvalue weighted by atomic mass is 10.1. The highest BCUT2D eigenvalue weighted by atomic mass is 16.5. The Morgan fingerprint density at radius 3 is 1.17 bits per heavy atom. The number of carboxylic acids is 2. The van der Waals surface area contributed by atoms with Crippen LogP contribution in [-0.4, -0.2) is 133 Å². The monoisotopic (exact) mass is 684 g/mol. The van der Waals surface area contributed by atoms with E-state index in [1.807, 2.05) is 76.2 Å². The molecule has 2 unspecified atom stereocenters. The zero-order valence-corrected chi connectivity index (χ0v) is 28.9. The number of carboxylic acid groups (broad SMARTS) is 2. The van der Waals surface area contributed by atoms with Gasteiger partial charge in [0.05, 0.1) is 13.2 Å². The maximum absolute atomic E-state index is 9.77. The molecule has 4 atom stereocenters. The number of benzene rings is 2. The summed E-state index contributed by atoms with van der Waals surface area (Å²) in [5.41, 5.74) is 2.44. The Labute approximate surface area is 283 Å². The number of ether oxygens (including phenoxy) is 4. The van der Waals surface area contributed by atoms with Crippen LogP contribution in [-0.2, 0) is 31.9 Å². The summed E-state index contributed by atoms with van der Waals surface area (Å²) in [6.07, 6.45) is -3.71. The minimum Gasteiger partial charge on any atom is -0.491 e. The van der Waals surface area contributed by atoms with Gasteiger partial charge in [-0.1, -0.05) is 52.0 Å². The van der Waals surface area contributed by atoms with Crippen LogP contribution in [0.15, 0.2) is 48.5 Å². The smallest absolute Gasteiger partial charge is 0.335 e. The summed E-state index contributed by atoms with van der Waals surface area (Å²) in [5.74, 6) is -1.97. The fraction of sp³-hybridized carbons (Fsp3) is 0.588. The standard InChI is InChI=1S/2C15H25NO3.C4H6O6/c2*1-12(2)16-10-14(17)11-19-15-6-4-13(5-7-15)8-9-18-3;5-1(3(7)8)2(6)4(9)10/h2*4-7,12,14,16-17H,8-11H2,1-3H3;1-2,5-6H,(H,7,8)(H,9,10)/t;;1-,2-/m..0/s1. The molecule has 48 heavy (non-hydrogen) atoms. The van der Waals surface area contributed by atoms with Crippen molar-refractivity contribution in [2.45, 2.75) is 77.0 Å². The van der Waals surface area contributed by atoms with Crippen molar-refractivity contribution in [2.75, 3.05) is 53.7 Å². The normalized spacial score (nSPS) is 13.3.